The van der Waals surface area contributed by atoms with Gasteiger partial charge in [0.2, 0.25) is 0 Å². The van der Waals surface area contributed by atoms with Crippen molar-refractivity contribution in [3.8, 4) is 5.69 Å². The van der Waals surface area contributed by atoms with E-state index in [0.29, 0.717) is 13.2 Å². The maximum absolute atomic E-state index is 9.69. The highest BCUT2D eigenvalue weighted by Gasteiger charge is 2.09. The number of methoxy groups -OCH3 is 1. The summed E-state index contributed by atoms with van der Waals surface area (Å²) in [6.45, 7) is 1.67. The van der Waals surface area contributed by atoms with E-state index in [1.54, 1.807) is 7.11 Å². The summed E-state index contributed by atoms with van der Waals surface area (Å²) < 4.78 is 6.78. The molecule has 0 fully saturated rings. The van der Waals surface area contributed by atoms with E-state index in [1.165, 1.54) is 0 Å². The van der Waals surface area contributed by atoms with Gasteiger partial charge in [-0.3, -0.25) is 4.90 Å². The first-order valence-corrected chi connectivity index (χ1v) is 6.63. The first kappa shape index (κ1) is 14.7. The van der Waals surface area contributed by atoms with Gasteiger partial charge < -0.3 is 9.84 Å². The lowest BCUT2D eigenvalue weighted by molar-refractivity contribution is 0.0419. The molecular weight excluding hydrogens is 254 g/mol. The monoisotopic (exact) mass is 275 g/mol. The van der Waals surface area contributed by atoms with Crippen LogP contribution in [0.1, 0.15) is 5.56 Å². The third kappa shape index (κ3) is 4.16. The van der Waals surface area contributed by atoms with Crippen molar-refractivity contribution in [2.24, 2.45) is 0 Å². The maximum atomic E-state index is 9.69. The van der Waals surface area contributed by atoms with Gasteiger partial charge in [-0.1, -0.05) is 18.2 Å². The molecule has 0 aliphatic heterocycles. The predicted octanol–water partition coefficient (Wildman–Crippen LogP) is 1.31. The van der Waals surface area contributed by atoms with E-state index in [1.807, 2.05) is 54.5 Å². The molecule has 1 unspecified atom stereocenters. The fourth-order valence-electron chi connectivity index (χ4n) is 2.14. The minimum absolute atomic E-state index is 0.355. The number of aliphatic hydroxyl groups excluding tert-OH is 1. The minimum Gasteiger partial charge on any atom is -0.389 e. The quantitative estimate of drug-likeness (QED) is 0.828. The number of aliphatic hydroxyl groups is 1. The Morgan fingerprint density at radius 2 is 2.10 bits per heavy atom. The van der Waals surface area contributed by atoms with Crippen LogP contribution >= 0.6 is 0 Å². The molecule has 5 nitrogen and oxygen atoms in total. The summed E-state index contributed by atoms with van der Waals surface area (Å²) in [5.74, 6) is 0. The Labute approximate surface area is 119 Å². The van der Waals surface area contributed by atoms with Crippen molar-refractivity contribution >= 4 is 0 Å². The lowest BCUT2D eigenvalue weighted by Crippen LogP contribution is -2.31. The van der Waals surface area contributed by atoms with Crippen molar-refractivity contribution in [3.05, 3.63) is 48.3 Å². The molecule has 0 radical (unpaired) electrons. The molecule has 0 aliphatic rings. The van der Waals surface area contributed by atoms with Crippen LogP contribution in [0.5, 0.6) is 0 Å². The average molecular weight is 275 g/mol. The molecule has 0 aliphatic carbocycles. The molecule has 1 aromatic carbocycles. The second-order valence-corrected chi connectivity index (χ2v) is 4.93. The predicted molar refractivity (Wildman–Crippen MR) is 77.8 cm³/mol. The Bertz CT molecular complexity index is 513. The number of nitrogens with zero attached hydrogens (tertiary/aromatic N) is 3. The normalized spacial score (nSPS) is 12.8. The van der Waals surface area contributed by atoms with Crippen LogP contribution in [-0.2, 0) is 11.3 Å². The van der Waals surface area contributed by atoms with Crippen LogP contribution in [-0.4, -0.2) is 53.2 Å². The molecule has 0 amide bonds. The smallest absolute Gasteiger partial charge is 0.0900 e. The van der Waals surface area contributed by atoms with E-state index in [9.17, 15) is 5.11 Å². The standard InChI is InChI=1S/C15H21N3O2/c1-17(11-15(19)12-20-2)9-13-8-16-18(10-13)14-6-4-3-5-7-14/h3-8,10,15,19H,9,11-12H2,1-2H3. The van der Waals surface area contributed by atoms with Gasteiger partial charge in [-0.2, -0.15) is 5.10 Å². The van der Waals surface area contributed by atoms with Crippen LogP contribution < -0.4 is 0 Å². The molecule has 20 heavy (non-hydrogen) atoms. The SMILES string of the molecule is COCC(O)CN(C)Cc1cnn(-c2ccccc2)c1. The third-order valence-electron chi connectivity index (χ3n) is 2.99. The summed E-state index contributed by atoms with van der Waals surface area (Å²) in [7, 11) is 3.56. The van der Waals surface area contributed by atoms with Crippen LogP contribution in [0.3, 0.4) is 0 Å². The van der Waals surface area contributed by atoms with Gasteiger partial charge >= 0.3 is 0 Å². The van der Waals surface area contributed by atoms with Gasteiger partial charge in [-0.15, -0.1) is 0 Å². The Kier molecular flexibility index (Phi) is 5.29. The van der Waals surface area contributed by atoms with Crippen LogP contribution in [0.4, 0.5) is 0 Å². The van der Waals surface area contributed by atoms with E-state index in [-0.39, 0.29) is 0 Å². The second kappa shape index (κ2) is 7.19. The van der Waals surface area contributed by atoms with Crippen LogP contribution in [0, 0.1) is 0 Å². The second-order valence-electron chi connectivity index (χ2n) is 4.93. The molecule has 2 rings (SSSR count). The van der Waals surface area contributed by atoms with E-state index >= 15 is 0 Å². The lowest BCUT2D eigenvalue weighted by atomic mass is 10.3. The van der Waals surface area contributed by atoms with Crippen molar-refractivity contribution < 1.29 is 9.84 Å². The fourth-order valence-corrected chi connectivity index (χ4v) is 2.14. The van der Waals surface area contributed by atoms with Gasteiger partial charge in [0.1, 0.15) is 0 Å². The molecule has 1 heterocycles. The number of rotatable bonds is 7. The molecular formula is C15H21N3O2. The lowest BCUT2D eigenvalue weighted by Gasteiger charge is -2.19. The van der Waals surface area contributed by atoms with Gasteiger partial charge in [-0.05, 0) is 19.2 Å². The van der Waals surface area contributed by atoms with Gasteiger partial charge in [0.05, 0.1) is 24.6 Å². The zero-order valence-electron chi connectivity index (χ0n) is 11.9. The van der Waals surface area contributed by atoms with Gasteiger partial charge in [-0.25, -0.2) is 4.68 Å². The van der Waals surface area contributed by atoms with Crippen LogP contribution in [0.25, 0.3) is 5.69 Å². The van der Waals surface area contributed by atoms with E-state index in [2.05, 4.69) is 10.00 Å². The van der Waals surface area contributed by atoms with Crippen molar-refractivity contribution in [2.45, 2.75) is 12.6 Å². The summed E-state index contributed by atoms with van der Waals surface area (Å²) in [6, 6.07) is 10.00. The fraction of sp³-hybridized carbons (Fsp3) is 0.400. The summed E-state index contributed by atoms with van der Waals surface area (Å²) in [5, 5.41) is 14.1. The van der Waals surface area contributed by atoms with Gasteiger partial charge in [0.25, 0.3) is 0 Å². The minimum atomic E-state index is -0.464. The molecule has 1 atom stereocenters. The molecule has 108 valence electrons. The number of likely N-dealkylation sites (N-methyl/N-ethyl adjacent to an activating group) is 1. The Morgan fingerprint density at radius 3 is 2.80 bits per heavy atom. The van der Waals surface area contributed by atoms with Gasteiger partial charge in [0, 0.05) is 32.0 Å². The molecule has 1 aromatic heterocycles. The van der Waals surface area contributed by atoms with E-state index in [0.717, 1.165) is 17.8 Å². The molecule has 1 N–H and O–H groups in total. The summed E-state index contributed by atoms with van der Waals surface area (Å²) in [4.78, 5) is 2.05. The molecule has 5 heteroatoms. The molecule has 0 bridgehead atoms. The summed E-state index contributed by atoms with van der Waals surface area (Å²) in [6.07, 6.45) is 3.40. The number of hydrogen-bond donors (Lipinski definition) is 1. The van der Waals surface area contributed by atoms with E-state index in [4.69, 9.17) is 4.74 Å². The molecule has 0 saturated carbocycles. The number of benzene rings is 1. The summed E-state index contributed by atoms with van der Waals surface area (Å²) in [5.41, 5.74) is 2.15. The number of hydrogen-bond acceptors (Lipinski definition) is 4. The summed E-state index contributed by atoms with van der Waals surface area (Å²) >= 11 is 0. The third-order valence-corrected chi connectivity index (χ3v) is 2.99. The van der Waals surface area contributed by atoms with Crippen LogP contribution in [0.2, 0.25) is 0 Å². The maximum Gasteiger partial charge on any atom is 0.0900 e. The number of aromatic nitrogens is 2. The topological polar surface area (TPSA) is 50.5 Å². The highest BCUT2D eigenvalue weighted by atomic mass is 16.5. The highest BCUT2D eigenvalue weighted by Crippen LogP contribution is 2.09. The largest absolute Gasteiger partial charge is 0.389 e. The molecule has 2 aromatic rings. The van der Waals surface area contributed by atoms with Crippen molar-refractivity contribution in [2.75, 3.05) is 27.3 Å². The van der Waals surface area contributed by atoms with E-state index < -0.39 is 6.10 Å². The van der Waals surface area contributed by atoms with Crippen molar-refractivity contribution in [1.82, 2.24) is 14.7 Å². The van der Waals surface area contributed by atoms with Crippen molar-refractivity contribution in [3.63, 3.8) is 0 Å². The zero-order chi connectivity index (χ0) is 14.4. The Hall–Kier alpha value is -1.69. The highest BCUT2D eigenvalue weighted by molar-refractivity contribution is 5.30. The van der Waals surface area contributed by atoms with Crippen LogP contribution in [0.15, 0.2) is 42.7 Å². The Morgan fingerprint density at radius 1 is 1.35 bits per heavy atom. The number of ether oxygens (including phenoxy) is 1. The first-order valence-electron chi connectivity index (χ1n) is 6.63. The first-order chi connectivity index (χ1) is 9.69. The number of para-hydroxylation sites is 1. The zero-order valence-corrected chi connectivity index (χ0v) is 11.9. The van der Waals surface area contributed by atoms with Crippen molar-refractivity contribution in [1.29, 1.82) is 0 Å². The average Bonchev–Trinajstić information content (AvgIpc) is 2.88. The Balaban J connectivity index is 1.93. The molecule has 0 saturated heterocycles. The molecule has 0 spiro atoms. The van der Waals surface area contributed by atoms with Gasteiger partial charge in [0.15, 0.2) is 0 Å².